The number of amides is 2. The van der Waals surface area contributed by atoms with Crippen LogP contribution in [-0.4, -0.2) is 35.7 Å². The van der Waals surface area contributed by atoms with Crippen LogP contribution in [0.3, 0.4) is 0 Å². The molecule has 0 saturated carbocycles. The van der Waals surface area contributed by atoms with Gasteiger partial charge in [-0.1, -0.05) is 68.3 Å². The van der Waals surface area contributed by atoms with Gasteiger partial charge < -0.3 is 10.6 Å². The number of carbonyl (C=O) groups is 1. The van der Waals surface area contributed by atoms with Gasteiger partial charge in [0.2, 0.25) is 10.0 Å². The van der Waals surface area contributed by atoms with Gasteiger partial charge in [0.1, 0.15) is 6.33 Å². The van der Waals surface area contributed by atoms with Crippen molar-refractivity contribution in [2.75, 3.05) is 17.6 Å². The molecule has 182 valence electrons. The van der Waals surface area contributed by atoms with Crippen LogP contribution in [0, 0.1) is 13.8 Å². The van der Waals surface area contributed by atoms with Gasteiger partial charge in [0, 0.05) is 17.8 Å². The zero-order valence-electron chi connectivity index (χ0n) is 20.2. The maximum atomic E-state index is 13.0. The first kappa shape index (κ1) is 25.5. The van der Waals surface area contributed by atoms with Crippen molar-refractivity contribution >= 4 is 21.7 Å². The zero-order valence-corrected chi connectivity index (χ0v) is 21.0. The van der Waals surface area contributed by atoms with Crippen LogP contribution in [0.5, 0.6) is 0 Å². The molecule has 3 rings (SSSR count). The van der Waals surface area contributed by atoms with E-state index in [4.69, 9.17) is 0 Å². The number of nitrogens with zero attached hydrogens (tertiary/aromatic N) is 2. The number of nitrogens with one attached hydrogen (secondary N) is 2. The van der Waals surface area contributed by atoms with Crippen LogP contribution < -0.4 is 10.6 Å². The number of benzene rings is 2. The molecule has 0 unspecified atom stereocenters. The molecule has 1 aromatic heterocycles. The van der Waals surface area contributed by atoms with Gasteiger partial charge in [-0.25, -0.2) is 22.2 Å². The molecule has 34 heavy (non-hydrogen) atoms. The van der Waals surface area contributed by atoms with E-state index in [0.717, 1.165) is 41.6 Å². The van der Waals surface area contributed by atoms with Gasteiger partial charge in [-0.05, 0) is 44.2 Å². The van der Waals surface area contributed by atoms with E-state index in [1.54, 1.807) is 6.92 Å². The van der Waals surface area contributed by atoms with Crippen LogP contribution in [0.15, 0.2) is 54.9 Å². The third-order valence-electron chi connectivity index (χ3n) is 5.82. The second kappa shape index (κ2) is 11.8. The number of unbranched alkanes of at least 4 members (excludes halogenated alkanes) is 2. The highest BCUT2D eigenvalue weighted by molar-refractivity contribution is 7.89. The van der Waals surface area contributed by atoms with E-state index < -0.39 is 10.0 Å². The van der Waals surface area contributed by atoms with E-state index >= 15 is 0 Å². The lowest BCUT2D eigenvalue weighted by Crippen LogP contribution is -2.30. The average Bonchev–Trinajstić information content (AvgIpc) is 3.21. The Hall–Kier alpha value is -3.13. The van der Waals surface area contributed by atoms with Crippen LogP contribution in [0.2, 0.25) is 0 Å². The summed E-state index contributed by atoms with van der Waals surface area (Å²) in [5.74, 6) is -0.0188. The van der Waals surface area contributed by atoms with Crippen molar-refractivity contribution in [3.63, 3.8) is 0 Å². The van der Waals surface area contributed by atoms with Gasteiger partial charge in [0.25, 0.3) is 0 Å². The molecule has 0 radical (unpaired) electrons. The van der Waals surface area contributed by atoms with Crippen molar-refractivity contribution in [2.45, 2.75) is 52.9 Å². The number of aromatic nitrogens is 2. The number of rotatable bonds is 11. The van der Waals surface area contributed by atoms with E-state index in [1.807, 2.05) is 55.5 Å². The molecule has 0 aliphatic carbocycles. The lowest BCUT2D eigenvalue weighted by Gasteiger charge is -2.15. The van der Waals surface area contributed by atoms with Crippen LogP contribution in [0.1, 0.15) is 49.4 Å². The number of anilines is 1. The lowest BCUT2D eigenvalue weighted by atomic mass is 10.0. The number of hydrogen-bond acceptors (Lipinski definition) is 4. The van der Waals surface area contributed by atoms with Crippen molar-refractivity contribution in [1.29, 1.82) is 0 Å². The van der Waals surface area contributed by atoms with Crippen LogP contribution >= 0.6 is 0 Å². The van der Waals surface area contributed by atoms with Crippen molar-refractivity contribution in [1.82, 2.24) is 14.3 Å². The lowest BCUT2D eigenvalue weighted by molar-refractivity contribution is 0.252. The maximum absolute atomic E-state index is 13.0. The molecule has 2 aromatic carbocycles. The second-order valence-electron chi connectivity index (χ2n) is 8.46. The minimum Gasteiger partial charge on any atom is -0.338 e. The Morgan fingerprint density at radius 1 is 1.00 bits per heavy atom. The van der Waals surface area contributed by atoms with Gasteiger partial charge >= 0.3 is 6.03 Å². The molecule has 0 aliphatic rings. The van der Waals surface area contributed by atoms with Crippen molar-refractivity contribution in [3.05, 3.63) is 71.7 Å². The largest absolute Gasteiger partial charge is 0.338 e. The molecule has 8 heteroatoms. The van der Waals surface area contributed by atoms with Gasteiger partial charge in [0.15, 0.2) is 0 Å². The van der Waals surface area contributed by atoms with Crippen LogP contribution in [0.4, 0.5) is 10.5 Å². The molecular formula is C26H34N4O3S. The van der Waals surface area contributed by atoms with Crippen molar-refractivity contribution in [3.8, 4) is 11.3 Å². The third kappa shape index (κ3) is 6.47. The summed E-state index contributed by atoms with van der Waals surface area (Å²) in [6.45, 7) is 6.46. The molecule has 2 N–H and O–H groups in total. The van der Waals surface area contributed by atoms with Gasteiger partial charge in [0.05, 0.1) is 17.1 Å². The SMILES string of the molecule is CCCCCNC(=O)Nc1c(C)cccc1CCCS(=O)(=O)n1cnc(-c2ccccc2)c1C. The topological polar surface area (TPSA) is 93.1 Å². The van der Waals surface area contributed by atoms with E-state index in [1.165, 1.54) is 10.3 Å². The second-order valence-corrected chi connectivity index (χ2v) is 10.4. The molecule has 7 nitrogen and oxygen atoms in total. The Kier molecular flexibility index (Phi) is 8.87. The summed E-state index contributed by atoms with van der Waals surface area (Å²) in [4.78, 5) is 16.7. The van der Waals surface area contributed by atoms with E-state index in [0.29, 0.717) is 30.8 Å². The van der Waals surface area contributed by atoms with Crippen LogP contribution in [0.25, 0.3) is 11.3 Å². The Morgan fingerprint density at radius 2 is 1.76 bits per heavy atom. The first-order valence-corrected chi connectivity index (χ1v) is 13.4. The molecule has 2 amide bonds. The summed E-state index contributed by atoms with van der Waals surface area (Å²) in [6.07, 6.45) is 5.47. The average molecular weight is 483 g/mol. The smallest absolute Gasteiger partial charge is 0.319 e. The Morgan fingerprint density at radius 3 is 2.50 bits per heavy atom. The fraction of sp³-hybridized carbons (Fsp3) is 0.385. The molecule has 1 heterocycles. The number of aryl methyl sites for hydroxylation is 2. The van der Waals surface area contributed by atoms with Crippen LogP contribution in [-0.2, 0) is 16.4 Å². The standard InChI is InChI=1S/C26H34N4O3S/c1-4-5-9-17-27-26(31)29-24-20(2)12-10-15-22(24)16-11-18-34(32,33)30-19-28-25(21(30)3)23-13-7-6-8-14-23/h6-8,10,12-15,19H,4-5,9,11,16-18H2,1-3H3,(H2,27,29,31). The molecule has 0 bridgehead atoms. The molecule has 0 spiro atoms. The number of imidazole rings is 1. The highest BCUT2D eigenvalue weighted by atomic mass is 32.2. The van der Waals surface area contributed by atoms with E-state index in [-0.39, 0.29) is 11.8 Å². The quantitative estimate of drug-likeness (QED) is 0.363. The maximum Gasteiger partial charge on any atom is 0.319 e. The number of hydrogen-bond donors (Lipinski definition) is 2. The first-order valence-electron chi connectivity index (χ1n) is 11.8. The van der Waals surface area contributed by atoms with E-state index in [2.05, 4.69) is 22.5 Å². The Labute approximate surface area is 202 Å². The fourth-order valence-electron chi connectivity index (χ4n) is 3.95. The molecule has 0 aliphatic heterocycles. The number of carbonyl (C=O) groups excluding carboxylic acids is 1. The Balaban J connectivity index is 1.65. The summed E-state index contributed by atoms with van der Waals surface area (Å²) in [5, 5.41) is 5.84. The first-order chi connectivity index (χ1) is 16.3. The fourth-order valence-corrected chi connectivity index (χ4v) is 5.35. The van der Waals surface area contributed by atoms with Crippen molar-refractivity contribution < 1.29 is 13.2 Å². The Bertz CT molecular complexity index is 1200. The summed E-state index contributed by atoms with van der Waals surface area (Å²) in [5.41, 5.74) is 4.77. The van der Waals surface area contributed by atoms with Crippen molar-refractivity contribution in [2.24, 2.45) is 0 Å². The predicted octanol–water partition coefficient (Wildman–Crippen LogP) is 5.29. The third-order valence-corrected chi connectivity index (χ3v) is 7.60. The highest BCUT2D eigenvalue weighted by Gasteiger charge is 2.19. The molecule has 0 atom stereocenters. The summed E-state index contributed by atoms with van der Waals surface area (Å²) < 4.78 is 27.3. The van der Waals surface area contributed by atoms with Gasteiger partial charge in [-0.3, -0.25) is 0 Å². The minimum absolute atomic E-state index is 0.0188. The summed E-state index contributed by atoms with van der Waals surface area (Å²) in [7, 11) is -3.56. The monoisotopic (exact) mass is 482 g/mol. The molecule has 3 aromatic rings. The number of urea groups is 1. The summed E-state index contributed by atoms with van der Waals surface area (Å²) in [6, 6.07) is 15.1. The normalized spacial score (nSPS) is 11.4. The minimum atomic E-state index is -3.56. The zero-order chi connectivity index (χ0) is 24.6. The van der Waals surface area contributed by atoms with Gasteiger partial charge in [-0.2, -0.15) is 0 Å². The number of para-hydroxylation sites is 1. The predicted molar refractivity (Wildman–Crippen MR) is 138 cm³/mol. The van der Waals surface area contributed by atoms with E-state index in [9.17, 15) is 13.2 Å². The molecule has 0 fully saturated rings. The molecule has 0 saturated heterocycles. The summed E-state index contributed by atoms with van der Waals surface area (Å²) >= 11 is 0. The molecular weight excluding hydrogens is 448 g/mol. The highest BCUT2D eigenvalue weighted by Crippen LogP contribution is 2.24. The van der Waals surface area contributed by atoms with Gasteiger partial charge in [-0.15, -0.1) is 0 Å².